The van der Waals surface area contributed by atoms with Gasteiger partial charge in [0.05, 0.1) is 0 Å². The monoisotopic (exact) mass is 250 g/mol. The van der Waals surface area contributed by atoms with Crippen LogP contribution < -0.4 is 15.8 Å². The number of nitrogens with one attached hydrogen (secondary N) is 1. The van der Waals surface area contributed by atoms with E-state index in [0.717, 1.165) is 25.9 Å². The second kappa shape index (κ2) is 5.52. The number of aromatic nitrogens is 2. The van der Waals surface area contributed by atoms with E-state index in [1.807, 2.05) is 16.5 Å². The van der Waals surface area contributed by atoms with Crippen molar-refractivity contribution in [2.24, 2.45) is 0 Å². The highest BCUT2D eigenvalue weighted by atomic mass is 16.1. The molecule has 1 N–H and O–H groups in total. The molecule has 0 radical (unpaired) electrons. The molecule has 0 aliphatic heterocycles. The van der Waals surface area contributed by atoms with Gasteiger partial charge in [-0.05, 0) is 12.8 Å². The summed E-state index contributed by atoms with van der Waals surface area (Å²) in [6.07, 6.45) is 5.75. The molecule has 1 saturated carbocycles. The summed E-state index contributed by atoms with van der Waals surface area (Å²) in [6.45, 7) is 5.87. The van der Waals surface area contributed by atoms with Gasteiger partial charge in [0, 0.05) is 44.6 Å². The molecule has 1 aliphatic rings. The summed E-state index contributed by atoms with van der Waals surface area (Å²) in [5.74, 6) is 0.551. The van der Waals surface area contributed by atoms with Crippen molar-refractivity contribution in [2.75, 3.05) is 25.0 Å². The van der Waals surface area contributed by atoms with Gasteiger partial charge in [-0.1, -0.05) is 13.8 Å². The molecule has 1 fully saturated rings. The van der Waals surface area contributed by atoms with Gasteiger partial charge in [0.1, 0.15) is 0 Å². The lowest BCUT2D eigenvalue weighted by Gasteiger charge is -2.19. The Hall–Kier alpha value is -1.36. The fourth-order valence-corrected chi connectivity index (χ4v) is 1.94. The minimum absolute atomic E-state index is 0.0343. The number of rotatable bonds is 6. The summed E-state index contributed by atoms with van der Waals surface area (Å²) in [5.41, 5.74) is 0.0343. The normalized spacial score (nSPS) is 15.1. The molecule has 1 aromatic heterocycles. The molecule has 0 spiro atoms. The maximum absolute atomic E-state index is 12.2. The number of hydrogen-bond donors (Lipinski definition) is 1. The zero-order valence-electron chi connectivity index (χ0n) is 11.4. The fraction of sp³-hybridized carbons (Fsp3) is 0.692. The molecule has 100 valence electrons. The molecule has 0 saturated heterocycles. The van der Waals surface area contributed by atoms with Gasteiger partial charge >= 0.3 is 0 Å². The van der Waals surface area contributed by atoms with Crippen molar-refractivity contribution >= 4 is 5.82 Å². The van der Waals surface area contributed by atoms with E-state index in [0.29, 0.717) is 17.9 Å². The largest absolute Gasteiger partial charge is 0.354 e. The predicted molar refractivity (Wildman–Crippen MR) is 73.2 cm³/mol. The van der Waals surface area contributed by atoms with Crippen LogP contribution in [0.1, 0.15) is 32.7 Å². The third-order valence-corrected chi connectivity index (χ3v) is 3.15. The van der Waals surface area contributed by atoms with Crippen LogP contribution in [-0.4, -0.2) is 35.7 Å². The molecule has 18 heavy (non-hydrogen) atoms. The lowest BCUT2D eigenvalue weighted by Crippen LogP contribution is -2.36. The van der Waals surface area contributed by atoms with Crippen molar-refractivity contribution in [1.82, 2.24) is 14.9 Å². The van der Waals surface area contributed by atoms with Crippen LogP contribution in [0.3, 0.4) is 0 Å². The summed E-state index contributed by atoms with van der Waals surface area (Å²) in [5, 5.41) is 3.34. The number of hydrogen-bond acceptors (Lipinski definition) is 4. The standard InChI is InChI=1S/C13H22N4O/c1-10(2)14-6-8-16(3)12-13(18)17(9-7-15-12)11-4-5-11/h7,9-11,14H,4-6,8H2,1-3H3. The van der Waals surface area contributed by atoms with Crippen LogP contribution in [-0.2, 0) is 0 Å². The Morgan fingerprint density at radius 1 is 1.56 bits per heavy atom. The minimum atomic E-state index is 0.0343. The zero-order valence-corrected chi connectivity index (χ0v) is 11.4. The van der Waals surface area contributed by atoms with E-state index in [1.165, 1.54) is 0 Å². The van der Waals surface area contributed by atoms with Gasteiger partial charge in [0.25, 0.3) is 5.56 Å². The molecule has 0 aromatic carbocycles. The maximum Gasteiger partial charge on any atom is 0.293 e. The van der Waals surface area contributed by atoms with E-state index >= 15 is 0 Å². The third-order valence-electron chi connectivity index (χ3n) is 3.15. The average Bonchev–Trinajstić information content (AvgIpc) is 3.12. The van der Waals surface area contributed by atoms with Gasteiger partial charge in [-0.2, -0.15) is 0 Å². The Labute approximate surface area is 108 Å². The Kier molecular flexibility index (Phi) is 4.01. The zero-order chi connectivity index (χ0) is 13.1. The summed E-state index contributed by atoms with van der Waals surface area (Å²) in [4.78, 5) is 18.4. The smallest absolute Gasteiger partial charge is 0.293 e. The Morgan fingerprint density at radius 2 is 2.28 bits per heavy atom. The second-order valence-corrected chi connectivity index (χ2v) is 5.22. The average molecular weight is 250 g/mol. The molecule has 1 aliphatic carbocycles. The van der Waals surface area contributed by atoms with Crippen LogP contribution in [0.4, 0.5) is 5.82 Å². The van der Waals surface area contributed by atoms with Gasteiger partial charge in [-0.3, -0.25) is 4.79 Å². The maximum atomic E-state index is 12.2. The molecule has 1 aromatic rings. The van der Waals surface area contributed by atoms with Crippen molar-refractivity contribution in [3.05, 3.63) is 22.7 Å². The van der Waals surface area contributed by atoms with E-state index in [2.05, 4.69) is 24.1 Å². The van der Waals surface area contributed by atoms with E-state index in [-0.39, 0.29) is 5.56 Å². The van der Waals surface area contributed by atoms with Crippen molar-refractivity contribution in [1.29, 1.82) is 0 Å². The molecule has 2 rings (SSSR count). The predicted octanol–water partition coefficient (Wildman–Crippen LogP) is 1.01. The SMILES string of the molecule is CC(C)NCCN(C)c1nccn(C2CC2)c1=O. The molecule has 0 amide bonds. The molecular weight excluding hydrogens is 228 g/mol. The third kappa shape index (κ3) is 3.10. The van der Waals surface area contributed by atoms with Crippen molar-refractivity contribution in [2.45, 2.75) is 38.8 Å². The van der Waals surface area contributed by atoms with Gasteiger partial charge in [0.2, 0.25) is 0 Å². The molecule has 0 bridgehead atoms. The summed E-state index contributed by atoms with van der Waals surface area (Å²) < 4.78 is 1.81. The first-order valence-electron chi connectivity index (χ1n) is 6.61. The molecule has 0 unspecified atom stereocenters. The highest BCUT2D eigenvalue weighted by Gasteiger charge is 2.25. The summed E-state index contributed by atoms with van der Waals surface area (Å²) in [6, 6.07) is 0.867. The lowest BCUT2D eigenvalue weighted by atomic mass is 10.4. The summed E-state index contributed by atoms with van der Waals surface area (Å²) in [7, 11) is 1.92. The van der Waals surface area contributed by atoms with Crippen LogP contribution in [0, 0.1) is 0 Å². The molecular formula is C13H22N4O. The molecule has 5 nitrogen and oxygen atoms in total. The van der Waals surface area contributed by atoms with Gasteiger partial charge in [0.15, 0.2) is 5.82 Å². The highest BCUT2D eigenvalue weighted by molar-refractivity contribution is 5.34. The molecule has 1 heterocycles. The van der Waals surface area contributed by atoms with Crippen molar-refractivity contribution in [3.63, 3.8) is 0 Å². The molecule has 0 atom stereocenters. The summed E-state index contributed by atoms with van der Waals surface area (Å²) >= 11 is 0. The number of likely N-dealkylation sites (N-methyl/N-ethyl adjacent to an activating group) is 1. The second-order valence-electron chi connectivity index (χ2n) is 5.22. The van der Waals surface area contributed by atoms with Crippen molar-refractivity contribution in [3.8, 4) is 0 Å². The first-order valence-corrected chi connectivity index (χ1v) is 6.61. The van der Waals surface area contributed by atoms with Crippen LogP contribution in [0.2, 0.25) is 0 Å². The van der Waals surface area contributed by atoms with Crippen LogP contribution in [0.15, 0.2) is 17.2 Å². The molecule has 5 heteroatoms. The van der Waals surface area contributed by atoms with Gasteiger partial charge < -0.3 is 14.8 Å². The first kappa shape index (κ1) is 13.1. The minimum Gasteiger partial charge on any atom is -0.354 e. The van der Waals surface area contributed by atoms with E-state index in [4.69, 9.17) is 0 Å². The van der Waals surface area contributed by atoms with E-state index in [9.17, 15) is 4.79 Å². The fourth-order valence-electron chi connectivity index (χ4n) is 1.94. The first-order chi connectivity index (χ1) is 8.59. The van der Waals surface area contributed by atoms with Crippen LogP contribution in [0.25, 0.3) is 0 Å². The highest BCUT2D eigenvalue weighted by Crippen LogP contribution is 2.33. The number of nitrogens with zero attached hydrogens (tertiary/aromatic N) is 3. The van der Waals surface area contributed by atoms with Crippen LogP contribution >= 0.6 is 0 Å². The van der Waals surface area contributed by atoms with Gasteiger partial charge in [-0.25, -0.2) is 4.98 Å². The number of anilines is 1. The van der Waals surface area contributed by atoms with Crippen molar-refractivity contribution < 1.29 is 0 Å². The Bertz CT molecular complexity index is 451. The quantitative estimate of drug-likeness (QED) is 0.818. The van der Waals surface area contributed by atoms with E-state index in [1.54, 1.807) is 12.4 Å². The van der Waals surface area contributed by atoms with Gasteiger partial charge in [-0.15, -0.1) is 0 Å². The van der Waals surface area contributed by atoms with Crippen LogP contribution in [0.5, 0.6) is 0 Å². The van der Waals surface area contributed by atoms with E-state index < -0.39 is 0 Å². The lowest BCUT2D eigenvalue weighted by molar-refractivity contribution is 0.586. The Balaban J connectivity index is 2.03. The Morgan fingerprint density at radius 3 is 2.89 bits per heavy atom. The topological polar surface area (TPSA) is 50.2 Å².